The van der Waals surface area contributed by atoms with Crippen molar-refractivity contribution in [3.63, 3.8) is 0 Å². The summed E-state index contributed by atoms with van der Waals surface area (Å²) in [6.07, 6.45) is 1.86. The zero-order chi connectivity index (χ0) is 20.1. The van der Waals surface area contributed by atoms with Crippen LogP contribution in [0, 0.1) is 6.92 Å². The summed E-state index contributed by atoms with van der Waals surface area (Å²) in [6.45, 7) is 5.28. The molecule has 1 amide bonds. The molecule has 1 aromatic heterocycles. The van der Waals surface area contributed by atoms with E-state index in [1.54, 1.807) is 11.0 Å². The Morgan fingerprint density at radius 2 is 1.93 bits per heavy atom. The maximum absolute atomic E-state index is 12.6. The van der Waals surface area contributed by atoms with Crippen LogP contribution in [0.1, 0.15) is 16.7 Å². The van der Waals surface area contributed by atoms with Gasteiger partial charge in [-0.3, -0.25) is 9.69 Å². The van der Waals surface area contributed by atoms with E-state index in [1.807, 2.05) is 48.2 Å². The first-order chi connectivity index (χ1) is 14.2. The van der Waals surface area contributed by atoms with Crippen LogP contribution in [0.4, 0.5) is 5.69 Å². The molecular formula is C21H24N6OS. The molecule has 3 aromatic rings. The summed E-state index contributed by atoms with van der Waals surface area (Å²) < 4.78 is 1.58. The van der Waals surface area contributed by atoms with Crippen molar-refractivity contribution in [3.05, 3.63) is 65.5 Å². The molecule has 1 aliphatic heterocycles. The lowest BCUT2D eigenvalue weighted by molar-refractivity contribution is -0.115. The highest BCUT2D eigenvalue weighted by molar-refractivity contribution is 7.99. The van der Waals surface area contributed by atoms with E-state index in [2.05, 4.69) is 38.7 Å². The average Bonchev–Trinajstić information content (AvgIpc) is 3.27. The van der Waals surface area contributed by atoms with Crippen molar-refractivity contribution < 1.29 is 4.79 Å². The van der Waals surface area contributed by atoms with Gasteiger partial charge in [-0.1, -0.05) is 24.3 Å². The van der Waals surface area contributed by atoms with Gasteiger partial charge in [-0.15, -0.1) is 5.10 Å². The summed E-state index contributed by atoms with van der Waals surface area (Å²) in [5, 5.41) is 14.2. The molecule has 4 rings (SSSR count). The van der Waals surface area contributed by atoms with Crippen molar-refractivity contribution >= 4 is 23.4 Å². The number of tetrazole rings is 1. The second-order valence-electron chi connectivity index (χ2n) is 7.12. The topological polar surface area (TPSA) is 75.9 Å². The Labute approximate surface area is 174 Å². The van der Waals surface area contributed by atoms with Gasteiger partial charge in [0.2, 0.25) is 5.91 Å². The van der Waals surface area contributed by atoms with Crippen LogP contribution in [0.25, 0.3) is 5.69 Å². The van der Waals surface area contributed by atoms with Crippen LogP contribution in [-0.4, -0.2) is 55.6 Å². The normalized spacial score (nSPS) is 14.7. The Balaban J connectivity index is 1.38. The number of thioether (sulfide) groups is 1. The Morgan fingerprint density at radius 1 is 1.14 bits per heavy atom. The highest BCUT2D eigenvalue weighted by Crippen LogP contribution is 2.22. The quantitative estimate of drug-likeness (QED) is 0.676. The number of nitrogens with one attached hydrogen (secondary N) is 1. The number of hydrogen-bond acceptors (Lipinski definition) is 6. The van der Waals surface area contributed by atoms with E-state index in [-0.39, 0.29) is 5.91 Å². The van der Waals surface area contributed by atoms with Crippen molar-refractivity contribution in [1.82, 2.24) is 25.1 Å². The molecule has 2 heterocycles. The predicted octanol–water partition coefficient (Wildman–Crippen LogP) is 2.70. The molecule has 1 fully saturated rings. The van der Waals surface area contributed by atoms with Crippen LogP contribution in [0.15, 0.2) is 48.8 Å². The number of hydrogen-bond donors (Lipinski definition) is 1. The molecule has 8 heteroatoms. The number of carbonyl (C=O) groups excluding carboxylic acids is 1. The van der Waals surface area contributed by atoms with Gasteiger partial charge in [0, 0.05) is 36.8 Å². The lowest BCUT2D eigenvalue weighted by Gasteiger charge is -2.27. The third kappa shape index (κ3) is 5.02. The van der Waals surface area contributed by atoms with Crippen LogP contribution >= 0.6 is 11.8 Å². The summed E-state index contributed by atoms with van der Waals surface area (Å²) in [7, 11) is 0. The molecule has 1 N–H and O–H groups in total. The molecule has 0 unspecified atom stereocenters. The van der Waals surface area contributed by atoms with E-state index in [4.69, 9.17) is 0 Å². The summed E-state index contributed by atoms with van der Waals surface area (Å²) in [4.78, 5) is 15.1. The maximum Gasteiger partial charge on any atom is 0.228 e. The standard InChI is InChI=1S/C21H24N6OS/c1-16-18(14-26-9-11-29-12-10-26)3-2-4-20(16)23-21(28)13-17-5-7-19(8-6-17)27-15-22-24-25-27/h2-8,15H,9-14H2,1H3,(H,23,28). The monoisotopic (exact) mass is 408 g/mol. The third-order valence-electron chi connectivity index (χ3n) is 5.13. The number of nitrogens with zero attached hydrogens (tertiary/aromatic N) is 5. The fourth-order valence-corrected chi connectivity index (χ4v) is 4.39. The van der Waals surface area contributed by atoms with Gasteiger partial charge in [-0.25, -0.2) is 4.68 Å². The smallest absolute Gasteiger partial charge is 0.228 e. The third-order valence-corrected chi connectivity index (χ3v) is 6.07. The Kier molecular flexibility index (Phi) is 6.21. The minimum absolute atomic E-state index is 0.0187. The number of amides is 1. The fraction of sp³-hybridized carbons (Fsp3) is 0.333. The van der Waals surface area contributed by atoms with E-state index in [9.17, 15) is 4.79 Å². The van der Waals surface area contributed by atoms with Gasteiger partial charge in [-0.2, -0.15) is 11.8 Å². The van der Waals surface area contributed by atoms with Crippen molar-refractivity contribution in [2.24, 2.45) is 0 Å². The number of benzene rings is 2. The Morgan fingerprint density at radius 3 is 2.66 bits per heavy atom. The molecule has 7 nitrogen and oxygen atoms in total. The summed E-state index contributed by atoms with van der Waals surface area (Å²) in [5.74, 6) is 2.37. The molecule has 29 heavy (non-hydrogen) atoms. The number of carbonyl (C=O) groups is 1. The molecule has 1 aliphatic rings. The second-order valence-corrected chi connectivity index (χ2v) is 8.35. The molecule has 0 atom stereocenters. The molecule has 150 valence electrons. The maximum atomic E-state index is 12.6. The minimum atomic E-state index is -0.0187. The van der Waals surface area contributed by atoms with E-state index < -0.39 is 0 Å². The lowest BCUT2D eigenvalue weighted by atomic mass is 10.1. The van der Waals surface area contributed by atoms with Crippen molar-refractivity contribution in [3.8, 4) is 5.69 Å². The van der Waals surface area contributed by atoms with Gasteiger partial charge < -0.3 is 5.32 Å². The van der Waals surface area contributed by atoms with Crippen molar-refractivity contribution in [2.75, 3.05) is 29.9 Å². The van der Waals surface area contributed by atoms with Gasteiger partial charge in [0.25, 0.3) is 0 Å². The SMILES string of the molecule is Cc1c(CN2CCSCC2)cccc1NC(=O)Cc1ccc(-n2cnnn2)cc1. The fourth-order valence-electron chi connectivity index (χ4n) is 3.42. The summed E-state index contributed by atoms with van der Waals surface area (Å²) in [6, 6.07) is 13.8. The molecule has 0 radical (unpaired) electrons. The van der Waals surface area contributed by atoms with Gasteiger partial charge >= 0.3 is 0 Å². The molecule has 1 saturated heterocycles. The molecule has 0 bridgehead atoms. The largest absolute Gasteiger partial charge is 0.326 e. The van der Waals surface area contributed by atoms with E-state index >= 15 is 0 Å². The molecule has 0 saturated carbocycles. The zero-order valence-electron chi connectivity index (χ0n) is 16.4. The molecule has 0 spiro atoms. The van der Waals surface area contributed by atoms with Gasteiger partial charge in [-0.05, 0) is 52.2 Å². The zero-order valence-corrected chi connectivity index (χ0v) is 17.2. The van der Waals surface area contributed by atoms with Crippen molar-refractivity contribution in [2.45, 2.75) is 19.9 Å². The van der Waals surface area contributed by atoms with Crippen LogP contribution in [0.5, 0.6) is 0 Å². The number of rotatable bonds is 6. The predicted molar refractivity (Wildman–Crippen MR) is 115 cm³/mol. The first-order valence-electron chi connectivity index (χ1n) is 9.70. The van der Waals surface area contributed by atoms with Crippen LogP contribution in [-0.2, 0) is 17.8 Å². The summed E-state index contributed by atoms with van der Waals surface area (Å²) in [5.41, 5.74) is 5.12. The lowest BCUT2D eigenvalue weighted by Crippen LogP contribution is -2.32. The minimum Gasteiger partial charge on any atom is -0.326 e. The van der Waals surface area contributed by atoms with Crippen molar-refractivity contribution in [1.29, 1.82) is 0 Å². The first-order valence-corrected chi connectivity index (χ1v) is 10.9. The Bertz CT molecular complexity index is 952. The van der Waals surface area contributed by atoms with Gasteiger partial charge in [0.1, 0.15) is 6.33 Å². The van der Waals surface area contributed by atoms with Crippen LogP contribution in [0.3, 0.4) is 0 Å². The molecular weight excluding hydrogens is 384 g/mol. The van der Waals surface area contributed by atoms with Crippen LogP contribution in [0.2, 0.25) is 0 Å². The number of aromatic nitrogens is 4. The van der Waals surface area contributed by atoms with Gasteiger partial charge in [0.15, 0.2) is 0 Å². The molecule has 0 aliphatic carbocycles. The summed E-state index contributed by atoms with van der Waals surface area (Å²) >= 11 is 2.02. The van der Waals surface area contributed by atoms with E-state index in [0.717, 1.165) is 42.1 Å². The first kappa shape index (κ1) is 19.6. The van der Waals surface area contributed by atoms with Gasteiger partial charge in [0.05, 0.1) is 12.1 Å². The van der Waals surface area contributed by atoms with E-state index in [1.165, 1.54) is 17.1 Å². The van der Waals surface area contributed by atoms with E-state index in [0.29, 0.717) is 6.42 Å². The highest BCUT2D eigenvalue weighted by atomic mass is 32.2. The second kappa shape index (κ2) is 9.19. The number of anilines is 1. The highest BCUT2D eigenvalue weighted by Gasteiger charge is 2.14. The van der Waals surface area contributed by atoms with Crippen LogP contribution < -0.4 is 5.32 Å². The molecule has 2 aromatic carbocycles. The average molecular weight is 409 g/mol. The Hall–Kier alpha value is -2.71.